The van der Waals surface area contributed by atoms with E-state index in [0.29, 0.717) is 29.9 Å². The van der Waals surface area contributed by atoms with Crippen molar-refractivity contribution in [2.75, 3.05) is 13.1 Å². The number of benzene rings is 1. The zero-order valence-electron chi connectivity index (χ0n) is 15.6. The fraction of sp³-hybridized carbons (Fsp3) is 0.636. The van der Waals surface area contributed by atoms with E-state index >= 15 is 0 Å². The maximum absolute atomic E-state index is 13.2. The van der Waals surface area contributed by atoms with Crippen LogP contribution in [0.4, 0.5) is 0 Å². The quantitative estimate of drug-likeness (QED) is 0.859. The van der Waals surface area contributed by atoms with Crippen LogP contribution in [0.1, 0.15) is 48.9 Å². The second kappa shape index (κ2) is 6.33. The summed E-state index contributed by atoms with van der Waals surface area (Å²) in [5.74, 6) is 1.40. The molecule has 6 atom stereocenters. The molecule has 4 bridgehead atoms. The Balaban J connectivity index is 1.24. The number of aliphatic hydroxyl groups excluding tert-OH is 1. The molecule has 144 valence electrons. The number of hydrogen-bond donors (Lipinski definition) is 2. The molecule has 1 aliphatic heterocycles. The second-order valence-electron chi connectivity index (χ2n) is 9.23. The van der Waals surface area contributed by atoms with Gasteiger partial charge in [-0.05, 0) is 68.4 Å². The van der Waals surface area contributed by atoms with Crippen LogP contribution < -0.4 is 5.32 Å². The van der Waals surface area contributed by atoms with Crippen LogP contribution in [0.5, 0.6) is 0 Å². The number of rotatable bonds is 3. The third-order valence-corrected chi connectivity index (χ3v) is 7.61. The van der Waals surface area contributed by atoms with Crippen LogP contribution in [-0.4, -0.2) is 47.1 Å². The normalized spacial score (nSPS) is 39.6. The van der Waals surface area contributed by atoms with Gasteiger partial charge in [0.1, 0.15) is 0 Å². The standard InChI is InChI=1S/C22H28N2O3/c25-19-16-9-15-10-22(11-16,12-18(15)19)21(27)23-17-7-4-8-24(13-17)20(26)14-5-2-1-3-6-14/h1-3,5-6,15-19,25H,4,7-13H2,(H,23,27)/t15?,16?,17-,18?,19?,22?/m0/s1. The largest absolute Gasteiger partial charge is 0.393 e. The summed E-state index contributed by atoms with van der Waals surface area (Å²) in [6.07, 6.45) is 5.39. The van der Waals surface area contributed by atoms with Gasteiger partial charge in [0.05, 0.1) is 11.5 Å². The van der Waals surface area contributed by atoms with Crippen molar-refractivity contribution in [1.82, 2.24) is 10.2 Å². The van der Waals surface area contributed by atoms with Gasteiger partial charge in [-0.15, -0.1) is 0 Å². The number of nitrogens with zero attached hydrogens (tertiary/aromatic N) is 1. The van der Waals surface area contributed by atoms with Crippen LogP contribution in [0, 0.1) is 23.2 Å². The average molecular weight is 368 g/mol. The highest BCUT2D eigenvalue weighted by Crippen LogP contribution is 2.64. The first kappa shape index (κ1) is 17.2. The van der Waals surface area contributed by atoms with E-state index in [1.807, 2.05) is 35.2 Å². The van der Waals surface area contributed by atoms with Gasteiger partial charge in [-0.3, -0.25) is 9.59 Å². The van der Waals surface area contributed by atoms with Gasteiger partial charge in [0, 0.05) is 24.7 Å². The second-order valence-corrected chi connectivity index (χ2v) is 9.23. The summed E-state index contributed by atoms with van der Waals surface area (Å²) < 4.78 is 0. The Morgan fingerprint density at radius 1 is 1.11 bits per heavy atom. The molecule has 5 aliphatic rings. The molecular formula is C22H28N2O3. The smallest absolute Gasteiger partial charge is 0.253 e. The number of carbonyl (C=O) groups is 2. The molecule has 1 aromatic rings. The predicted molar refractivity (Wildman–Crippen MR) is 101 cm³/mol. The highest BCUT2D eigenvalue weighted by atomic mass is 16.3. The molecular weight excluding hydrogens is 340 g/mol. The molecule has 5 heteroatoms. The van der Waals surface area contributed by atoms with Crippen LogP contribution in [-0.2, 0) is 4.79 Å². The maximum Gasteiger partial charge on any atom is 0.253 e. The number of likely N-dealkylation sites (tertiary alicyclic amines) is 1. The summed E-state index contributed by atoms with van der Waals surface area (Å²) >= 11 is 0. The minimum atomic E-state index is -0.261. The van der Waals surface area contributed by atoms with Gasteiger partial charge in [0.25, 0.3) is 5.91 Å². The highest BCUT2D eigenvalue weighted by Gasteiger charge is 2.63. The first-order valence-electron chi connectivity index (χ1n) is 10.4. The van der Waals surface area contributed by atoms with E-state index in [4.69, 9.17) is 0 Å². The summed E-state index contributed by atoms with van der Waals surface area (Å²) in [5.41, 5.74) is 0.450. The van der Waals surface area contributed by atoms with E-state index in [9.17, 15) is 14.7 Å². The van der Waals surface area contributed by atoms with Crippen molar-refractivity contribution < 1.29 is 14.7 Å². The van der Waals surface area contributed by atoms with E-state index < -0.39 is 0 Å². The molecule has 2 N–H and O–H groups in total. The Morgan fingerprint density at radius 3 is 2.63 bits per heavy atom. The fourth-order valence-corrected chi connectivity index (χ4v) is 6.42. The first-order valence-corrected chi connectivity index (χ1v) is 10.4. The predicted octanol–water partition coefficient (Wildman–Crippen LogP) is 2.20. The number of carbonyl (C=O) groups excluding carboxylic acids is 2. The van der Waals surface area contributed by atoms with E-state index in [1.54, 1.807) is 0 Å². The van der Waals surface area contributed by atoms with Gasteiger partial charge in [-0.25, -0.2) is 0 Å². The Hall–Kier alpha value is -1.88. The molecule has 2 amide bonds. The summed E-state index contributed by atoms with van der Waals surface area (Å²) in [7, 11) is 0. The van der Waals surface area contributed by atoms with Crippen LogP contribution in [0.25, 0.3) is 0 Å². The minimum Gasteiger partial charge on any atom is -0.393 e. The van der Waals surface area contributed by atoms with Gasteiger partial charge < -0.3 is 15.3 Å². The molecule has 1 aromatic carbocycles. The Labute approximate surface area is 160 Å². The lowest BCUT2D eigenvalue weighted by atomic mass is 9.68. The minimum absolute atomic E-state index is 0.0375. The monoisotopic (exact) mass is 368 g/mol. The molecule has 4 saturated carbocycles. The lowest BCUT2D eigenvalue weighted by Gasteiger charge is -2.41. The third kappa shape index (κ3) is 2.78. The molecule has 1 heterocycles. The highest BCUT2D eigenvalue weighted by molar-refractivity contribution is 5.94. The lowest BCUT2D eigenvalue weighted by Crippen LogP contribution is -2.54. The number of amides is 2. The van der Waals surface area contributed by atoms with Crippen molar-refractivity contribution in [3.63, 3.8) is 0 Å². The third-order valence-electron chi connectivity index (χ3n) is 7.61. The molecule has 0 radical (unpaired) electrons. The molecule has 4 aliphatic carbocycles. The van der Waals surface area contributed by atoms with Crippen molar-refractivity contribution in [3.8, 4) is 0 Å². The topological polar surface area (TPSA) is 69.6 Å². The Bertz CT molecular complexity index is 747. The molecule has 5 nitrogen and oxygen atoms in total. The summed E-state index contributed by atoms with van der Waals surface area (Å²) in [5, 5.41) is 13.6. The van der Waals surface area contributed by atoms with Crippen LogP contribution in [0.3, 0.4) is 0 Å². The average Bonchev–Trinajstić information content (AvgIpc) is 3.09. The molecule has 27 heavy (non-hydrogen) atoms. The zero-order valence-corrected chi connectivity index (χ0v) is 15.6. The van der Waals surface area contributed by atoms with E-state index in [-0.39, 0.29) is 29.4 Å². The van der Waals surface area contributed by atoms with Crippen molar-refractivity contribution in [2.24, 2.45) is 23.2 Å². The molecule has 1 saturated heterocycles. The number of aliphatic hydroxyl groups is 1. The van der Waals surface area contributed by atoms with E-state index in [1.165, 1.54) is 0 Å². The van der Waals surface area contributed by atoms with Crippen molar-refractivity contribution >= 4 is 11.8 Å². The van der Waals surface area contributed by atoms with Crippen LogP contribution >= 0.6 is 0 Å². The SMILES string of the molecule is O=C(c1ccccc1)N1CCC[C@H](NC(=O)C23CC4CC(C2)C(C3)C4O)C1. The lowest BCUT2D eigenvalue weighted by molar-refractivity contribution is -0.136. The van der Waals surface area contributed by atoms with E-state index in [0.717, 1.165) is 45.1 Å². The Kier molecular flexibility index (Phi) is 4.04. The molecule has 6 rings (SSSR count). The van der Waals surface area contributed by atoms with Crippen LogP contribution in [0.2, 0.25) is 0 Å². The summed E-state index contributed by atoms with van der Waals surface area (Å²) in [6, 6.07) is 9.42. The van der Waals surface area contributed by atoms with Gasteiger partial charge in [0.2, 0.25) is 5.91 Å². The van der Waals surface area contributed by atoms with Crippen molar-refractivity contribution in [1.29, 1.82) is 0 Å². The fourth-order valence-electron chi connectivity index (χ4n) is 6.42. The number of hydrogen-bond acceptors (Lipinski definition) is 3. The summed E-state index contributed by atoms with van der Waals surface area (Å²) in [4.78, 5) is 27.8. The molecule has 0 spiro atoms. The Morgan fingerprint density at radius 2 is 1.89 bits per heavy atom. The van der Waals surface area contributed by atoms with Crippen molar-refractivity contribution in [2.45, 2.75) is 50.7 Å². The van der Waals surface area contributed by atoms with Gasteiger partial charge in [-0.1, -0.05) is 18.2 Å². The number of piperidine rings is 1. The van der Waals surface area contributed by atoms with Crippen molar-refractivity contribution in [3.05, 3.63) is 35.9 Å². The summed E-state index contributed by atoms with van der Waals surface area (Å²) in [6.45, 7) is 1.35. The molecule has 5 unspecified atom stereocenters. The van der Waals surface area contributed by atoms with Gasteiger partial charge >= 0.3 is 0 Å². The molecule has 5 fully saturated rings. The molecule has 0 aromatic heterocycles. The number of nitrogens with one attached hydrogen (secondary N) is 1. The maximum atomic E-state index is 13.2. The van der Waals surface area contributed by atoms with E-state index in [2.05, 4.69) is 5.32 Å². The van der Waals surface area contributed by atoms with Gasteiger partial charge in [0.15, 0.2) is 0 Å². The zero-order chi connectivity index (χ0) is 18.6. The van der Waals surface area contributed by atoms with Gasteiger partial charge in [-0.2, -0.15) is 0 Å². The first-order chi connectivity index (χ1) is 13.1. The van der Waals surface area contributed by atoms with Crippen LogP contribution in [0.15, 0.2) is 30.3 Å².